The number of halogens is 2. The second kappa shape index (κ2) is 11.5. The van der Waals surface area contributed by atoms with Crippen molar-refractivity contribution in [1.82, 2.24) is 15.1 Å². The second-order valence-corrected chi connectivity index (χ2v) is 6.77. The molecule has 0 radical (unpaired) electrons. The number of amides is 1. The summed E-state index contributed by atoms with van der Waals surface area (Å²) in [5, 5.41) is 3.41. The van der Waals surface area contributed by atoms with Gasteiger partial charge in [-0.05, 0) is 57.3 Å². The quantitative estimate of drug-likeness (QED) is 0.783. The van der Waals surface area contributed by atoms with Gasteiger partial charge in [-0.15, -0.1) is 24.8 Å². The molecule has 2 rings (SSSR count). The molecule has 0 aromatic carbocycles. The summed E-state index contributed by atoms with van der Waals surface area (Å²) < 4.78 is 0. The maximum absolute atomic E-state index is 12.5. The number of likely N-dealkylation sites (tertiary alicyclic amines) is 1. The van der Waals surface area contributed by atoms with Crippen LogP contribution >= 0.6 is 24.8 Å². The number of piperidine rings is 1. The van der Waals surface area contributed by atoms with E-state index >= 15 is 0 Å². The lowest BCUT2D eigenvalue weighted by Crippen LogP contribution is -2.39. The number of nitrogens with one attached hydrogen (secondary N) is 1. The minimum atomic E-state index is 0. The van der Waals surface area contributed by atoms with Gasteiger partial charge < -0.3 is 10.2 Å². The molecule has 2 aliphatic heterocycles. The number of carbonyl (C=O) groups excluding carboxylic acids is 1. The fourth-order valence-corrected chi connectivity index (χ4v) is 3.99. The van der Waals surface area contributed by atoms with Crippen LogP contribution in [0.3, 0.4) is 0 Å². The molecule has 4 nitrogen and oxygen atoms in total. The first-order valence-corrected chi connectivity index (χ1v) is 8.88. The molecule has 1 amide bonds. The van der Waals surface area contributed by atoms with Gasteiger partial charge in [0.2, 0.25) is 5.91 Å². The third-order valence-corrected chi connectivity index (χ3v) is 5.53. The van der Waals surface area contributed by atoms with Crippen LogP contribution in [0.2, 0.25) is 0 Å². The number of likely N-dealkylation sites (N-methyl/N-ethyl adjacent to an activating group) is 1. The van der Waals surface area contributed by atoms with Crippen LogP contribution in [0.5, 0.6) is 0 Å². The summed E-state index contributed by atoms with van der Waals surface area (Å²) in [6.07, 6.45) is 4.36. The van der Waals surface area contributed by atoms with E-state index in [0.29, 0.717) is 17.9 Å². The highest BCUT2D eigenvalue weighted by molar-refractivity contribution is 5.85. The Labute approximate surface area is 154 Å². The van der Waals surface area contributed by atoms with Gasteiger partial charge in [-0.2, -0.15) is 0 Å². The summed E-state index contributed by atoms with van der Waals surface area (Å²) in [6.45, 7) is 13.0. The lowest BCUT2D eigenvalue weighted by Gasteiger charge is -2.29. The minimum Gasteiger partial charge on any atom is -0.341 e. The van der Waals surface area contributed by atoms with Gasteiger partial charge in [0.25, 0.3) is 0 Å². The van der Waals surface area contributed by atoms with Crippen molar-refractivity contribution < 1.29 is 4.79 Å². The van der Waals surface area contributed by atoms with E-state index in [1.54, 1.807) is 0 Å². The topological polar surface area (TPSA) is 35.6 Å². The standard InChI is InChI=1S/C17H33N3O.2ClH/c1-4-19(5-2)16-8-11-20(13-16)17(21)12-14(3)15-6-9-18-10-7-15;;/h14-16,18H,4-13H2,1-3H3;2*1H. The molecule has 2 saturated heterocycles. The van der Waals surface area contributed by atoms with E-state index in [0.717, 1.165) is 58.0 Å². The summed E-state index contributed by atoms with van der Waals surface area (Å²) >= 11 is 0. The third kappa shape index (κ3) is 6.41. The molecule has 0 bridgehead atoms. The summed E-state index contributed by atoms with van der Waals surface area (Å²) in [4.78, 5) is 17.1. The third-order valence-electron chi connectivity index (χ3n) is 5.53. The average Bonchev–Trinajstić information content (AvgIpc) is 2.99. The SMILES string of the molecule is CCN(CC)C1CCN(C(=O)CC(C)C2CCNCC2)C1.Cl.Cl. The maximum Gasteiger partial charge on any atom is 0.222 e. The largest absolute Gasteiger partial charge is 0.341 e. The van der Waals surface area contributed by atoms with Crippen molar-refractivity contribution in [2.75, 3.05) is 39.3 Å². The van der Waals surface area contributed by atoms with Crippen LogP contribution < -0.4 is 5.32 Å². The molecule has 0 spiro atoms. The highest BCUT2D eigenvalue weighted by atomic mass is 35.5. The Kier molecular flexibility index (Phi) is 11.5. The zero-order chi connectivity index (χ0) is 15.2. The van der Waals surface area contributed by atoms with Crippen molar-refractivity contribution in [2.24, 2.45) is 11.8 Å². The molecule has 0 aromatic heterocycles. The van der Waals surface area contributed by atoms with E-state index in [4.69, 9.17) is 0 Å². The summed E-state index contributed by atoms with van der Waals surface area (Å²) in [5.41, 5.74) is 0. The number of hydrogen-bond acceptors (Lipinski definition) is 3. The lowest BCUT2D eigenvalue weighted by molar-refractivity contribution is -0.131. The van der Waals surface area contributed by atoms with Crippen molar-refractivity contribution in [3.63, 3.8) is 0 Å². The Balaban J connectivity index is 0.00000242. The van der Waals surface area contributed by atoms with E-state index in [1.165, 1.54) is 12.8 Å². The van der Waals surface area contributed by atoms with Crippen LogP contribution in [0.4, 0.5) is 0 Å². The first-order chi connectivity index (χ1) is 10.2. The predicted molar refractivity (Wildman–Crippen MR) is 102 cm³/mol. The van der Waals surface area contributed by atoms with Crippen LogP contribution in [0, 0.1) is 11.8 Å². The Bertz CT molecular complexity index is 334. The van der Waals surface area contributed by atoms with E-state index in [9.17, 15) is 4.79 Å². The van der Waals surface area contributed by atoms with Crippen LogP contribution in [0.25, 0.3) is 0 Å². The molecule has 2 atom stereocenters. The number of nitrogens with zero attached hydrogens (tertiary/aromatic N) is 2. The molecule has 23 heavy (non-hydrogen) atoms. The first kappa shape index (κ1) is 23.0. The molecular formula is C17H35Cl2N3O. The number of hydrogen-bond donors (Lipinski definition) is 1. The molecule has 0 aromatic rings. The molecule has 2 heterocycles. The molecule has 1 N–H and O–H groups in total. The Hall–Kier alpha value is -0.0300. The Morgan fingerprint density at radius 1 is 1.17 bits per heavy atom. The van der Waals surface area contributed by atoms with Crippen LogP contribution in [-0.2, 0) is 4.79 Å². The molecule has 0 aliphatic carbocycles. The van der Waals surface area contributed by atoms with Gasteiger partial charge in [0.05, 0.1) is 0 Å². The summed E-state index contributed by atoms with van der Waals surface area (Å²) in [7, 11) is 0. The fourth-order valence-electron chi connectivity index (χ4n) is 3.99. The van der Waals surface area contributed by atoms with Gasteiger partial charge >= 0.3 is 0 Å². The smallest absolute Gasteiger partial charge is 0.222 e. The molecule has 2 aliphatic rings. The Morgan fingerprint density at radius 2 is 1.78 bits per heavy atom. The minimum absolute atomic E-state index is 0. The molecule has 6 heteroatoms. The van der Waals surface area contributed by atoms with Gasteiger partial charge in [-0.1, -0.05) is 20.8 Å². The van der Waals surface area contributed by atoms with Gasteiger partial charge in [0, 0.05) is 25.6 Å². The van der Waals surface area contributed by atoms with Crippen molar-refractivity contribution in [3.05, 3.63) is 0 Å². The van der Waals surface area contributed by atoms with Crippen molar-refractivity contribution in [2.45, 2.75) is 52.5 Å². The van der Waals surface area contributed by atoms with Crippen LogP contribution in [0.15, 0.2) is 0 Å². The summed E-state index contributed by atoms with van der Waals surface area (Å²) in [5.74, 6) is 1.65. The molecular weight excluding hydrogens is 333 g/mol. The molecule has 138 valence electrons. The van der Waals surface area contributed by atoms with E-state index in [2.05, 4.69) is 35.9 Å². The van der Waals surface area contributed by atoms with Gasteiger partial charge in [-0.3, -0.25) is 9.69 Å². The maximum atomic E-state index is 12.5. The Morgan fingerprint density at radius 3 is 2.35 bits per heavy atom. The van der Waals surface area contributed by atoms with Crippen LogP contribution in [-0.4, -0.2) is 61.0 Å². The average molecular weight is 368 g/mol. The van der Waals surface area contributed by atoms with Gasteiger partial charge in [0.15, 0.2) is 0 Å². The highest BCUT2D eigenvalue weighted by Gasteiger charge is 2.31. The number of rotatable bonds is 6. The zero-order valence-corrected chi connectivity index (χ0v) is 16.6. The van der Waals surface area contributed by atoms with Crippen molar-refractivity contribution in [1.29, 1.82) is 0 Å². The second-order valence-electron chi connectivity index (χ2n) is 6.77. The highest BCUT2D eigenvalue weighted by Crippen LogP contribution is 2.26. The van der Waals surface area contributed by atoms with Crippen molar-refractivity contribution >= 4 is 30.7 Å². The van der Waals surface area contributed by atoms with E-state index < -0.39 is 0 Å². The van der Waals surface area contributed by atoms with E-state index in [1.807, 2.05) is 0 Å². The van der Waals surface area contributed by atoms with Gasteiger partial charge in [0.1, 0.15) is 0 Å². The number of carbonyl (C=O) groups is 1. The van der Waals surface area contributed by atoms with Crippen molar-refractivity contribution in [3.8, 4) is 0 Å². The predicted octanol–water partition coefficient (Wildman–Crippen LogP) is 2.80. The first-order valence-electron chi connectivity index (χ1n) is 8.88. The molecule has 0 saturated carbocycles. The monoisotopic (exact) mass is 367 g/mol. The lowest BCUT2D eigenvalue weighted by atomic mass is 9.84. The zero-order valence-electron chi connectivity index (χ0n) is 14.9. The summed E-state index contributed by atoms with van der Waals surface area (Å²) in [6, 6.07) is 0.582. The van der Waals surface area contributed by atoms with Crippen LogP contribution in [0.1, 0.15) is 46.5 Å². The normalized spacial score (nSPS) is 23.3. The van der Waals surface area contributed by atoms with E-state index in [-0.39, 0.29) is 24.8 Å². The molecule has 2 fully saturated rings. The fraction of sp³-hybridized carbons (Fsp3) is 0.941. The molecule has 2 unspecified atom stereocenters. The van der Waals surface area contributed by atoms with Gasteiger partial charge in [-0.25, -0.2) is 0 Å².